The van der Waals surface area contributed by atoms with Crippen LogP contribution in [0.25, 0.3) is 0 Å². The molecule has 0 atom stereocenters. The van der Waals surface area contributed by atoms with Gasteiger partial charge in [-0.05, 0) is 37.1 Å². The monoisotopic (exact) mass is 284 g/mol. The lowest BCUT2D eigenvalue weighted by atomic mass is 10.1. The molecule has 0 aliphatic rings. The Morgan fingerprint density at radius 1 is 1.25 bits per heavy atom. The SMILES string of the molecule is O=C(CCC/C=C\CBr)c1ccc(F)cc1. The lowest BCUT2D eigenvalue weighted by Gasteiger charge is -1.99. The van der Waals surface area contributed by atoms with Gasteiger partial charge in [-0.25, -0.2) is 4.39 Å². The quantitative estimate of drug-likeness (QED) is 0.332. The zero-order valence-electron chi connectivity index (χ0n) is 8.96. The maximum Gasteiger partial charge on any atom is 0.162 e. The summed E-state index contributed by atoms with van der Waals surface area (Å²) in [6.45, 7) is 0. The second-order valence-corrected chi connectivity index (χ2v) is 4.10. The Morgan fingerprint density at radius 2 is 1.94 bits per heavy atom. The summed E-state index contributed by atoms with van der Waals surface area (Å²) in [7, 11) is 0. The Labute approximate surface area is 103 Å². The molecule has 1 rings (SSSR count). The molecule has 0 aliphatic carbocycles. The van der Waals surface area contributed by atoms with Crippen molar-refractivity contribution < 1.29 is 9.18 Å². The van der Waals surface area contributed by atoms with E-state index in [1.165, 1.54) is 24.3 Å². The molecular formula is C13H14BrFO. The molecule has 1 aromatic carbocycles. The first kappa shape index (κ1) is 13.1. The highest BCUT2D eigenvalue weighted by Gasteiger charge is 2.04. The van der Waals surface area contributed by atoms with Gasteiger partial charge in [-0.3, -0.25) is 4.79 Å². The number of unbranched alkanes of at least 4 members (excludes halogenated alkanes) is 1. The summed E-state index contributed by atoms with van der Waals surface area (Å²) in [6.07, 6.45) is 6.31. The Balaban J connectivity index is 2.35. The van der Waals surface area contributed by atoms with E-state index >= 15 is 0 Å². The van der Waals surface area contributed by atoms with Crippen molar-refractivity contribution in [3.8, 4) is 0 Å². The Bertz CT molecular complexity index is 357. The number of carbonyl (C=O) groups excluding carboxylic acids is 1. The lowest BCUT2D eigenvalue weighted by Crippen LogP contribution is -1.98. The van der Waals surface area contributed by atoms with Gasteiger partial charge in [0, 0.05) is 17.3 Å². The maximum atomic E-state index is 12.6. The molecule has 0 amide bonds. The van der Waals surface area contributed by atoms with Gasteiger partial charge in [-0.1, -0.05) is 28.1 Å². The molecule has 1 nitrogen and oxygen atoms in total. The Morgan fingerprint density at radius 3 is 2.56 bits per heavy atom. The third-order valence-electron chi connectivity index (χ3n) is 2.20. The number of Topliss-reactive ketones (excluding diaryl/α,β-unsaturated/α-hetero) is 1. The van der Waals surface area contributed by atoms with E-state index in [0.29, 0.717) is 12.0 Å². The van der Waals surface area contributed by atoms with Crippen LogP contribution in [0.4, 0.5) is 4.39 Å². The highest BCUT2D eigenvalue weighted by atomic mass is 79.9. The minimum Gasteiger partial charge on any atom is -0.294 e. The molecule has 0 aromatic heterocycles. The number of carbonyl (C=O) groups is 1. The standard InChI is InChI=1S/C13H14BrFO/c14-10-4-2-1-3-5-13(16)11-6-8-12(15)9-7-11/h2,4,6-9H,1,3,5,10H2/b4-2-. The zero-order valence-corrected chi connectivity index (χ0v) is 10.5. The zero-order chi connectivity index (χ0) is 11.8. The van der Waals surface area contributed by atoms with Gasteiger partial charge in [0.2, 0.25) is 0 Å². The second-order valence-electron chi connectivity index (χ2n) is 3.45. The van der Waals surface area contributed by atoms with E-state index in [2.05, 4.69) is 15.9 Å². The third-order valence-corrected chi connectivity index (χ3v) is 2.57. The van der Waals surface area contributed by atoms with Crippen LogP contribution in [-0.2, 0) is 0 Å². The average Bonchev–Trinajstić information content (AvgIpc) is 2.29. The molecule has 0 heterocycles. The van der Waals surface area contributed by atoms with Crippen molar-refractivity contribution in [2.24, 2.45) is 0 Å². The summed E-state index contributed by atoms with van der Waals surface area (Å²) >= 11 is 3.28. The van der Waals surface area contributed by atoms with Gasteiger partial charge >= 0.3 is 0 Å². The molecule has 0 saturated heterocycles. The lowest BCUT2D eigenvalue weighted by molar-refractivity contribution is 0.0980. The van der Waals surface area contributed by atoms with E-state index in [1.54, 1.807) is 0 Å². The van der Waals surface area contributed by atoms with Crippen molar-refractivity contribution >= 4 is 21.7 Å². The van der Waals surface area contributed by atoms with Crippen LogP contribution in [0.2, 0.25) is 0 Å². The topological polar surface area (TPSA) is 17.1 Å². The predicted molar refractivity (Wildman–Crippen MR) is 67.5 cm³/mol. The van der Waals surface area contributed by atoms with E-state index < -0.39 is 0 Å². The largest absolute Gasteiger partial charge is 0.294 e. The van der Waals surface area contributed by atoms with Gasteiger partial charge < -0.3 is 0 Å². The number of alkyl halides is 1. The van der Waals surface area contributed by atoms with E-state index in [9.17, 15) is 9.18 Å². The molecule has 16 heavy (non-hydrogen) atoms. The van der Waals surface area contributed by atoms with E-state index in [-0.39, 0.29) is 11.6 Å². The number of rotatable bonds is 6. The molecule has 0 unspecified atom stereocenters. The van der Waals surface area contributed by atoms with Crippen LogP contribution in [0.5, 0.6) is 0 Å². The minimum atomic E-state index is -0.309. The fraction of sp³-hybridized carbons (Fsp3) is 0.308. The number of ketones is 1. The summed E-state index contributed by atoms with van der Waals surface area (Å²) in [4.78, 5) is 11.6. The first-order valence-electron chi connectivity index (χ1n) is 5.24. The van der Waals surface area contributed by atoms with Crippen molar-refractivity contribution in [3.63, 3.8) is 0 Å². The van der Waals surface area contributed by atoms with Crippen LogP contribution in [0, 0.1) is 5.82 Å². The molecule has 3 heteroatoms. The van der Waals surface area contributed by atoms with Crippen LogP contribution in [-0.4, -0.2) is 11.1 Å². The number of benzene rings is 1. The van der Waals surface area contributed by atoms with Crippen molar-refractivity contribution in [3.05, 3.63) is 47.8 Å². The Hall–Kier alpha value is -0.960. The van der Waals surface area contributed by atoms with Crippen molar-refractivity contribution in [1.29, 1.82) is 0 Å². The first-order valence-corrected chi connectivity index (χ1v) is 6.36. The highest BCUT2D eigenvalue weighted by Crippen LogP contribution is 2.08. The molecule has 86 valence electrons. The van der Waals surface area contributed by atoms with Crippen LogP contribution < -0.4 is 0 Å². The molecule has 0 aliphatic heterocycles. The number of halogens is 2. The van der Waals surface area contributed by atoms with Gasteiger partial charge in [-0.2, -0.15) is 0 Å². The van der Waals surface area contributed by atoms with E-state index in [0.717, 1.165) is 18.2 Å². The van der Waals surface area contributed by atoms with Gasteiger partial charge in [0.05, 0.1) is 0 Å². The first-order chi connectivity index (χ1) is 7.74. The van der Waals surface area contributed by atoms with Crippen molar-refractivity contribution in [2.45, 2.75) is 19.3 Å². The third kappa shape index (κ3) is 4.71. The maximum absolute atomic E-state index is 12.6. The van der Waals surface area contributed by atoms with Crippen LogP contribution in [0.15, 0.2) is 36.4 Å². The smallest absolute Gasteiger partial charge is 0.162 e. The molecule has 1 aromatic rings. The number of hydrogen-bond acceptors (Lipinski definition) is 1. The summed E-state index contributed by atoms with van der Waals surface area (Å²) in [5.74, 6) is -0.232. The summed E-state index contributed by atoms with van der Waals surface area (Å²) in [5, 5.41) is 0.846. The molecule has 0 radical (unpaired) electrons. The molecule has 0 spiro atoms. The highest BCUT2D eigenvalue weighted by molar-refractivity contribution is 9.09. The molecule has 0 saturated carbocycles. The van der Waals surface area contributed by atoms with Crippen LogP contribution >= 0.6 is 15.9 Å². The summed E-state index contributed by atoms with van der Waals surface area (Å²) < 4.78 is 12.6. The number of allylic oxidation sites excluding steroid dienone is 2. The average molecular weight is 285 g/mol. The fourth-order valence-electron chi connectivity index (χ4n) is 1.34. The fourth-order valence-corrected chi connectivity index (χ4v) is 1.61. The normalized spacial score (nSPS) is 10.9. The van der Waals surface area contributed by atoms with Crippen LogP contribution in [0.1, 0.15) is 29.6 Å². The van der Waals surface area contributed by atoms with Crippen molar-refractivity contribution in [2.75, 3.05) is 5.33 Å². The van der Waals surface area contributed by atoms with Gasteiger partial charge in [0.1, 0.15) is 5.82 Å². The van der Waals surface area contributed by atoms with E-state index in [1.807, 2.05) is 12.2 Å². The summed E-state index contributed by atoms with van der Waals surface area (Å²) in [5.41, 5.74) is 0.589. The van der Waals surface area contributed by atoms with E-state index in [4.69, 9.17) is 0 Å². The van der Waals surface area contributed by atoms with Crippen LogP contribution in [0.3, 0.4) is 0 Å². The second kappa shape index (κ2) is 7.34. The molecule has 0 N–H and O–H groups in total. The van der Waals surface area contributed by atoms with Gasteiger partial charge in [0.15, 0.2) is 5.78 Å². The number of hydrogen-bond donors (Lipinski definition) is 0. The van der Waals surface area contributed by atoms with Gasteiger partial charge in [-0.15, -0.1) is 0 Å². The summed E-state index contributed by atoms with van der Waals surface area (Å²) in [6, 6.07) is 5.70. The molecular weight excluding hydrogens is 271 g/mol. The Kier molecular flexibility index (Phi) is 6.01. The van der Waals surface area contributed by atoms with Crippen molar-refractivity contribution in [1.82, 2.24) is 0 Å². The molecule has 0 fully saturated rings. The molecule has 0 bridgehead atoms. The predicted octanol–water partition coefficient (Wildman–Crippen LogP) is 4.13. The minimum absolute atomic E-state index is 0.0762. The van der Waals surface area contributed by atoms with Gasteiger partial charge in [0.25, 0.3) is 0 Å².